The summed E-state index contributed by atoms with van der Waals surface area (Å²) in [6.45, 7) is 7.94. The molecule has 0 spiro atoms. The van der Waals surface area contributed by atoms with Crippen LogP contribution in [0.5, 0.6) is 0 Å². The first-order valence-electron chi connectivity index (χ1n) is 9.50. The van der Waals surface area contributed by atoms with Gasteiger partial charge >= 0.3 is 6.09 Å². The van der Waals surface area contributed by atoms with E-state index in [1.165, 1.54) is 0 Å². The molecule has 0 aromatic heterocycles. The first-order valence-corrected chi connectivity index (χ1v) is 9.50. The molecule has 3 rings (SSSR count). The van der Waals surface area contributed by atoms with Crippen LogP contribution in [0.3, 0.4) is 0 Å². The van der Waals surface area contributed by atoms with Crippen LogP contribution in [0, 0.1) is 25.7 Å². The average molecular weight is 373 g/mol. The predicted molar refractivity (Wildman–Crippen MR) is 101 cm³/mol. The molecule has 7 nitrogen and oxygen atoms in total. The minimum Gasteiger partial charge on any atom is -0.450 e. The maximum Gasteiger partial charge on any atom is 0.409 e. The molecule has 1 saturated carbocycles. The van der Waals surface area contributed by atoms with Gasteiger partial charge in [-0.1, -0.05) is 18.2 Å². The third-order valence-corrected chi connectivity index (χ3v) is 5.29. The van der Waals surface area contributed by atoms with Gasteiger partial charge in [-0.3, -0.25) is 9.59 Å². The Balaban J connectivity index is 1.51. The van der Waals surface area contributed by atoms with Crippen LogP contribution in [0.25, 0.3) is 0 Å². The van der Waals surface area contributed by atoms with Crippen LogP contribution in [0.1, 0.15) is 24.5 Å². The van der Waals surface area contributed by atoms with Gasteiger partial charge in [0.1, 0.15) is 0 Å². The largest absolute Gasteiger partial charge is 0.450 e. The number of nitrogens with zero attached hydrogens (tertiary/aromatic N) is 2. The lowest BCUT2D eigenvalue weighted by atomic mass is 10.1. The van der Waals surface area contributed by atoms with Crippen LogP contribution in [-0.4, -0.2) is 60.5 Å². The fourth-order valence-corrected chi connectivity index (χ4v) is 3.54. The molecular formula is C20H27N3O4. The summed E-state index contributed by atoms with van der Waals surface area (Å²) in [6.07, 6.45) is 0.259. The van der Waals surface area contributed by atoms with Gasteiger partial charge in [0, 0.05) is 31.9 Å². The topological polar surface area (TPSA) is 79.0 Å². The molecule has 27 heavy (non-hydrogen) atoms. The van der Waals surface area contributed by atoms with E-state index in [-0.39, 0.29) is 29.7 Å². The first kappa shape index (κ1) is 19.2. The standard InChI is InChI=1S/C20H27N3O4/c1-4-27-20(26)23-10-8-22(9-11-23)19(25)16-12-15(16)18(24)21-17-13(2)6-5-7-14(17)3/h5-7,15-16H,4,8-12H2,1-3H3,(H,21,24). The predicted octanol–water partition coefficient (Wildman–Crippen LogP) is 2.18. The van der Waals surface area contributed by atoms with Gasteiger partial charge in [0.15, 0.2) is 0 Å². The summed E-state index contributed by atoms with van der Waals surface area (Å²) in [7, 11) is 0. The van der Waals surface area contributed by atoms with E-state index in [0.717, 1.165) is 16.8 Å². The molecule has 1 aliphatic carbocycles. The molecule has 2 aliphatic rings. The quantitative estimate of drug-likeness (QED) is 0.877. The SMILES string of the molecule is CCOC(=O)N1CCN(C(=O)C2CC2C(=O)Nc2c(C)cccc2C)CC1. The summed E-state index contributed by atoms with van der Waals surface area (Å²) in [5.41, 5.74) is 2.87. The number of piperazine rings is 1. The van der Waals surface area contributed by atoms with Gasteiger partial charge in [0.05, 0.1) is 18.4 Å². The number of nitrogens with one attached hydrogen (secondary N) is 1. The van der Waals surface area contributed by atoms with Crippen LogP contribution in [0.4, 0.5) is 10.5 Å². The van der Waals surface area contributed by atoms with E-state index in [9.17, 15) is 14.4 Å². The van der Waals surface area contributed by atoms with E-state index in [2.05, 4.69) is 5.32 Å². The van der Waals surface area contributed by atoms with Crippen molar-refractivity contribution in [3.63, 3.8) is 0 Å². The van der Waals surface area contributed by atoms with Crippen molar-refractivity contribution in [2.45, 2.75) is 27.2 Å². The molecule has 1 N–H and O–H groups in total. The fourth-order valence-electron chi connectivity index (χ4n) is 3.54. The minimum atomic E-state index is -0.332. The summed E-state index contributed by atoms with van der Waals surface area (Å²) in [4.78, 5) is 40.3. The fraction of sp³-hybridized carbons (Fsp3) is 0.550. The van der Waals surface area contributed by atoms with Crippen molar-refractivity contribution in [1.82, 2.24) is 9.80 Å². The molecule has 1 saturated heterocycles. The van der Waals surface area contributed by atoms with E-state index < -0.39 is 0 Å². The van der Waals surface area contributed by atoms with Crippen molar-refractivity contribution in [3.05, 3.63) is 29.3 Å². The van der Waals surface area contributed by atoms with Crippen molar-refractivity contribution < 1.29 is 19.1 Å². The van der Waals surface area contributed by atoms with E-state index in [1.54, 1.807) is 16.7 Å². The van der Waals surface area contributed by atoms with E-state index >= 15 is 0 Å². The molecule has 0 bridgehead atoms. The smallest absolute Gasteiger partial charge is 0.409 e. The van der Waals surface area contributed by atoms with Crippen molar-refractivity contribution >= 4 is 23.6 Å². The molecule has 7 heteroatoms. The zero-order chi connectivity index (χ0) is 19.6. The van der Waals surface area contributed by atoms with Crippen LogP contribution in [0.2, 0.25) is 0 Å². The number of ether oxygens (including phenoxy) is 1. The molecule has 2 fully saturated rings. The summed E-state index contributed by atoms with van der Waals surface area (Å²) in [6, 6.07) is 5.88. The molecule has 1 aromatic carbocycles. The van der Waals surface area contributed by atoms with Crippen LogP contribution in [0.15, 0.2) is 18.2 Å². The summed E-state index contributed by atoms with van der Waals surface area (Å²) in [5.74, 6) is -0.584. The van der Waals surface area contributed by atoms with Gasteiger partial charge in [0.2, 0.25) is 11.8 Å². The third kappa shape index (κ3) is 4.23. The van der Waals surface area contributed by atoms with Crippen LogP contribution >= 0.6 is 0 Å². The number of amides is 3. The number of carbonyl (C=O) groups is 3. The Labute approximate surface area is 159 Å². The molecular weight excluding hydrogens is 346 g/mol. The van der Waals surface area contributed by atoms with Crippen molar-refractivity contribution in [2.24, 2.45) is 11.8 Å². The second kappa shape index (κ2) is 7.98. The highest BCUT2D eigenvalue weighted by Crippen LogP contribution is 2.41. The van der Waals surface area contributed by atoms with Gasteiger partial charge in [-0.25, -0.2) is 4.79 Å². The number of hydrogen-bond acceptors (Lipinski definition) is 4. The molecule has 1 heterocycles. The average Bonchev–Trinajstić information content (AvgIpc) is 3.45. The van der Waals surface area contributed by atoms with Crippen molar-refractivity contribution in [2.75, 3.05) is 38.1 Å². The van der Waals surface area contributed by atoms with Gasteiger partial charge in [-0.05, 0) is 38.3 Å². The maximum absolute atomic E-state index is 12.7. The van der Waals surface area contributed by atoms with Crippen LogP contribution in [-0.2, 0) is 14.3 Å². The van der Waals surface area contributed by atoms with E-state index in [4.69, 9.17) is 4.74 Å². The Morgan fingerprint density at radius 2 is 1.63 bits per heavy atom. The molecule has 2 unspecified atom stereocenters. The highest BCUT2D eigenvalue weighted by Gasteiger charge is 2.50. The monoisotopic (exact) mass is 373 g/mol. The van der Waals surface area contributed by atoms with E-state index in [0.29, 0.717) is 39.2 Å². The van der Waals surface area contributed by atoms with Crippen molar-refractivity contribution in [3.8, 4) is 0 Å². The van der Waals surface area contributed by atoms with Gasteiger partial charge in [-0.15, -0.1) is 0 Å². The van der Waals surface area contributed by atoms with Crippen LogP contribution < -0.4 is 5.32 Å². The number of carbonyl (C=O) groups excluding carboxylic acids is 3. The minimum absolute atomic E-state index is 0.0140. The molecule has 146 valence electrons. The maximum atomic E-state index is 12.7. The van der Waals surface area contributed by atoms with Gasteiger partial charge in [0.25, 0.3) is 0 Å². The third-order valence-electron chi connectivity index (χ3n) is 5.29. The highest BCUT2D eigenvalue weighted by atomic mass is 16.6. The summed E-state index contributed by atoms with van der Waals surface area (Å²) >= 11 is 0. The Morgan fingerprint density at radius 1 is 1.04 bits per heavy atom. The second-order valence-electron chi connectivity index (χ2n) is 7.22. The molecule has 3 amide bonds. The lowest BCUT2D eigenvalue weighted by Gasteiger charge is -2.34. The molecule has 1 aliphatic heterocycles. The lowest BCUT2D eigenvalue weighted by Crippen LogP contribution is -2.51. The first-order chi connectivity index (χ1) is 12.9. The number of aryl methyl sites for hydroxylation is 2. The Hall–Kier alpha value is -2.57. The molecule has 2 atom stereocenters. The van der Waals surface area contributed by atoms with Gasteiger partial charge < -0.3 is 19.9 Å². The number of benzene rings is 1. The lowest BCUT2D eigenvalue weighted by molar-refractivity contribution is -0.135. The molecule has 0 radical (unpaired) electrons. The van der Waals surface area contributed by atoms with Crippen molar-refractivity contribution in [1.29, 1.82) is 0 Å². The zero-order valence-electron chi connectivity index (χ0n) is 16.2. The Kier molecular flexibility index (Phi) is 5.68. The van der Waals surface area contributed by atoms with Gasteiger partial charge in [-0.2, -0.15) is 0 Å². The molecule has 1 aromatic rings. The summed E-state index contributed by atoms with van der Waals surface area (Å²) < 4.78 is 4.99. The number of para-hydroxylation sites is 1. The number of hydrogen-bond donors (Lipinski definition) is 1. The number of anilines is 1. The van der Waals surface area contributed by atoms with E-state index in [1.807, 2.05) is 32.0 Å². The summed E-state index contributed by atoms with van der Waals surface area (Å²) in [5, 5.41) is 2.99. The second-order valence-corrected chi connectivity index (χ2v) is 7.22. The Bertz CT molecular complexity index is 720. The normalized spacial score (nSPS) is 21.6. The Morgan fingerprint density at radius 3 is 2.22 bits per heavy atom. The zero-order valence-corrected chi connectivity index (χ0v) is 16.2. The highest BCUT2D eigenvalue weighted by molar-refractivity contribution is 6.00. The number of rotatable bonds is 4.